The van der Waals surface area contributed by atoms with Crippen molar-refractivity contribution in [3.05, 3.63) is 58.7 Å². The second-order valence-electron chi connectivity index (χ2n) is 6.58. The molecule has 1 aromatic carbocycles. The fraction of sp³-hybridized carbons (Fsp3) is 0.333. The highest BCUT2D eigenvalue weighted by atomic mass is 35.5. The molecule has 5 atom stereocenters. The number of aromatic nitrogens is 3. The van der Waals surface area contributed by atoms with E-state index in [1.165, 1.54) is 18.0 Å². The first-order valence-corrected chi connectivity index (χ1v) is 9.06. The van der Waals surface area contributed by atoms with Gasteiger partial charge in [0.15, 0.2) is 12.0 Å². The van der Waals surface area contributed by atoms with E-state index in [1.54, 1.807) is 24.3 Å². The predicted octanol–water partition coefficient (Wildman–Crippen LogP) is 1.39. The van der Waals surface area contributed by atoms with Crippen molar-refractivity contribution in [2.24, 2.45) is 5.16 Å². The molecule has 12 heteroatoms. The molecule has 0 radical (unpaired) electrons. The number of aliphatic hydroxyl groups excluding tert-OH is 3. The summed E-state index contributed by atoms with van der Waals surface area (Å²) in [4.78, 5) is 11.4. The summed E-state index contributed by atoms with van der Waals surface area (Å²) in [5.74, 6) is -0.674. The van der Waals surface area contributed by atoms with Crippen molar-refractivity contribution in [2.75, 3.05) is 7.11 Å². The normalized spacial score (nSPS) is 25.3. The molecule has 1 fully saturated rings. The molecule has 162 valence electrons. The molecular formula is C18H19Cl2FN4O5. The van der Waals surface area contributed by atoms with Crippen LogP contribution in [0.25, 0.3) is 11.0 Å². The Morgan fingerprint density at radius 1 is 1.30 bits per heavy atom. The molecule has 9 nitrogen and oxygen atoms in total. The van der Waals surface area contributed by atoms with Crippen molar-refractivity contribution in [2.45, 2.75) is 30.6 Å². The molecule has 1 aliphatic rings. The maximum Gasteiger partial charge on any atom is 0.206 e. The van der Waals surface area contributed by atoms with Gasteiger partial charge >= 0.3 is 0 Å². The Kier molecular flexibility index (Phi) is 6.65. The van der Waals surface area contributed by atoms with E-state index in [2.05, 4.69) is 20.0 Å². The smallest absolute Gasteiger partial charge is 0.206 e. The van der Waals surface area contributed by atoms with Crippen LogP contribution in [0.15, 0.2) is 41.9 Å². The van der Waals surface area contributed by atoms with E-state index in [-0.39, 0.29) is 28.9 Å². The second kappa shape index (κ2) is 8.88. The molecule has 1 saturated heterocycles. The van der Waals surface area contributed by atoms with E-state index in [4.69, 9.17) is 16.3 Å². The average molecular weight is 461 g/mol. The van der Waals surface area contributed by atoms with Gasteiger partial charge in [0.2, 0.25) is 5.49 Å². The van der Waals surface area contributed by atoms with Crippen molar-refractivity contribution < 1.29 is 29.3 Å². The summed E-state index contributed by atoms with van der Waals surface area (Å²) >= 11 is 5.86. The minimum Gasteiger partial charge on any atom is -0.397 e. The zero-order chi connectivity index (χ0) is 20.7. The Morgan fingerprint density at radius 2 is 2.00 bits per heavy atom. The number of ether oxygens (including phenoxy) is 1. The van der Waals surface area contributed by atoms with Crippen LogP contribution < -0.4 is 5.49 Å². The molecule has 0 amide bonds. The number of nitrogens with one attached hydrogen (secondary N) is 1. The lowest BCUT2D eigenvalue weighted by atomic mass is 9.99. The van der Waals surface area contributed by atoms with Gasteiger partial charge in [-0.1, -0.05) is 28.9 Å². The van der Waals surface area contributed by atoms with Crippen LogP contribution in [-0.4, -0.2) is 55.3 Å². The lowest BCUT2D eigenvalue weighted by Gasteiger charge is -2.21. The quantitative estimate of drug-likeness (QED) is 0.436. The molecule has 2 aromatic heterocycles. The van der Waals surface area contributed by atoms with E-state index in [1.807, 2.05) is 0 Å². The van der Waals surface area contributed by atoms with Gasteiger partial charge in [0.05, 0.1) is 6.33 Å². The second-order valence-corrected chi connectivity index (χ2v) is 7.01. The van der Waals surface area contributed by atoms with Crippen molar-refractivity contribution in [1.29, 1.82) is 0 Å². The Morgan fingerprint density at radius 3 is 2.67 bits per heavy atom. The standard InChI is InChI=1S/C18H18ClFN4O5.ClH/c1-28-23-16-11-10(20)6-24(17(11)22-7-21-16)18-14(27)13(26)15(29-18)12(25)8-2-4-9(19)5-3-8;/h2-7,12-15,18,25-27H,1H3,(H,21,22,23);1H/t12?,13-,14+,15+,18+;/m0./s1. The summed E-state index contributed by atoms with van der Waals surface area (Å²) < 4.78 is 21.6. The maximum absolute atomic E-state index is 14.6. The molecule has 3 heterocycles. The first-order valence-electron chi connectivity index (χ1n) is 8.68. The van der Waals surface area contributed by atoms with E-state index in [0.717, 1.165) is 6.20 Å². The lowest BCUT2D eigenvalue weighted by Crippen LogP contribution is -2.34. The predicted molar refractivity (Wildman–Crippen MR) is 106 cm³/mol. The van der Waals surface area contributed by atoms with Crippen molar-refractivity contribution in [3.8, 4) is 0 Å². The number of hydrogen-bond acceptors (Lipinski definition) is 7. The summed E-state index contributed by atoms with van der Waals surface area (Å²) in [6.45, 7) is 0. The fourth-order valence-electron chi connectivity index (χ4n) is 3.45. The van der Waals surface area contributed by atoms with E-state index >= 15 is 0 Å². The zero-order valence-electron chi connectivity index (χ0n) is 15.5. The van der Waals surface area contributed by atoms with Gasteiger partial charge in [-0.2, -0.15) is 0 Å². The fourth-order valence-corrected chi connectivity index (χ4v) is 3.58. The number of fused-ring (bicyclic) bond motifs is 1. The number of benzene rings is 1. The molecule has 1 aliphatic heterocycles. The molecule has 0 aliphatic carbocycles. The molecule has 0 saturated carbocycles. The highest BCUT2D eigenvalue weighted by Crippen LogP contribution is 2.37. The topological polar surface area (TPSA) is 125 Å². The van der Waals surface area contributed by atoms with Gasteiger partial charge in [-0.25, -0.2) is 9.37 Å². The van der Waals surface area contributed by atoms with Crippen LogP contribution in [-0.2, 0) is 9.57 Å². The molecule has 3 aromatic rings. The van der Waals surface area contributed by atoms with E-state index < -0.39 is 36.5 Å². The first kappa shape index (κ1) is 22.5. The average Bonchev–Trinajstić information content (AvgIpc) is 3.20. The number of halogens is 3. The molecule has 4 rings (SSSR count). The van der Waals surface area contributed by atoms with E-state index in [9.17, 15) is 19.7 Å². The van der Waals surface area contributed by atoms with Gasteiger partial charge in [-0.15, -0.1) is 12.4 Å². The molecule has 0 spiro atoms. The van der Waals surface area contributed by atoms with Crippen molar-refractivity contribution >= 4 is 35.0 Å². The third-order valence-electron chi connectivity index (χ3n) is 4.85. The van der Waals surface area contributed by atoms with Crippen LogP contribution in [0, 0.1) is 5.82 Å². The van der Waals surface area contributed by atoms with Crippen LogP contribution in [0.2, 0.25) is 5.02 Å². The molecule has 30 heavy (non-hydrogen) atoms. The summed E-state index contributed by atoms with van der Waals surface area (Å²) in [5.41, 5.74) is 0.668. The Balaban J connectivity index is 0.00000256. The van der Waals surface area contributed by atoms with Gasteiger partial charge in [-0.3, -0.25) is 0 Å². The number of hydrogen-bond donors (Lipinski definition) is 4. The number of nitrogens with zero attached hydrogens (tertiary/aromatic N) is 3. The molecule has 4 N–H and O–H groups in total. The van der Waals surface area contributed by atoms with Gasteiger partial charge in [0.1, 0.15) is 42.6 Å². The SMILES string of the molecule is CO/N=c1\nc[nH]c2c1c(F)cn2[C@@H]1O[C@H](C(O)c2ccc(Cl)cc2)[C@@H](O)[C@H]1O.Cl. The monoisotopic (exact) mass is 460 g/mol. The number of H-pyrrole nitrogens is 1. The highest BCUT2D eigenvalue weighted by Gasteiger charge is 2.47. The van der Waals surface area contributed by atoms with Gasteiger partial charge in [0.25, 0.3) is 0 Å². The lowest BCUT2D eigenvalue weighted by molar-refractivity contribution is -0.0849. The number of aliphatic hydroxyl groups is 3. The third-order valence-corrected chi connectivity index (χ3v) is 5.10. The third kappa shape index (κ3) is 3.78. The number of rotatable bonds is 4. The summed E-state index contributed by atoms with van der Waals surface area (Å²) in [6, 6.07) is 6.36. The first-order chi connectivity index (χ1) is 13.9. The molecule has 0 bridgehead atoms. The maximum atomic E-state index is 14.6. The van der Waals surface area contributed by atoms with Crippen LogP contribution >= 0.6 is 24.0 Å². The molecular weight excluding hydrogens is 442 g/mol. The minimum atomic E-state index is -1.43. The van der Waals surface area contributed by atoms with Gasteiger partial charge < -0.3 is 34.4 Å². The number of aromatic amines is 1. The van der Waals surface area contributed by atoms with Crippen molar-refractivity contribution in [3.63, 3.8) is 0 Å². The Hall–Kier alpha value is -2.21. The summed E-state index contributed by atoms with van der Waals surface area (Å²) in [7, 11) is 1.31. The van der Waals surface area contributed by atoms with Crippen molar-refractivity contribution in [1.82, 2.24) is 14.5 Å². The largest absolute Gasteiger partial charge is 0.397 e. The minimum absolute atomic E-state index is 0. The van der Waals surface area contributed by atoms with Crippen LogP contribution in [0.1, 0.15) is 17.9 Å². The van der Waals surface area contributed by atoms with Crippen LogP contribution in [0.3, 0.4) is 0 Å². The van der Waals surface area contributed by atoms with E-state index in [0.29, 0.717) is 10.6 Å². The summed E-state index contributed by atoms with van der Waals surface area (Å²) in [5, 5.41) is 35.8. The Labute approximate surface area is 180 Å². The summed E-state index contributed by atoms with van der Waals surface area (Å²) in [6.07, 6.45) is -4.03. The van der Waals surface area contributed by atoms with Gasteiger partial charge in [0, 0.05) is 11.2 Å². The van der Waals surface area contributed by atoms with Crippen LogP contribution in [0.4, 0.5) is 4.39 Å². The molecule has 1 unspecified atom stereocenters. The highest BCUT2D eigenvalue weighted by molar-refractivity contribution is 6.30. The van der Waals surface area contributed by atoms with Gasteiger partial charge in [-0.05, 0) is 17.7 Å². The van der Waals surface area contributed by atoms with Crippen LogP contribution in [0.5, 0.6) is 0 Å². The Bertz CT molecular complexity index is 1090. The zero-order valence-corrected chi connectivity index (χ0v) is 17.1.